The molecule has 0 saturated heterocycles. The van der Waals surface area contributed by atoms with Gasteiger partial charge in [-0.3, -0.25) is 11.7 Å². The minimum Gasteiger partial charge on any atom is -0.402 e. The highest BCUT2D eigenvalue weighted by atomic mass is 16.5. The summed E-state index contributed by atoms with van der Waals surface area (Å²) in [5.74, 6) is 8.00. The third-order valence-corrected chi connectivity index (χ3v) is 0. The number of hydrogen-bond acceptors (Lipinski definition) is 6. The van der Waals surface area contributed by atoms with Gasteiger partial charge in [-0.1, -0.05) is 0 Å². The Bertz CT molecular complexity index is 27.8. The van der Waals surface area contributed by atoms with E-state index in [0.717, 1.165) is 0 Å². The maximum absolute atomic E-state index is 7.57. The molecule has 0 bridgehead atoms. The third-order valence-electron chi connectivity index (χ3n) is 0. The van der Waals surface area contributed by atoms with Crippen molar-refractivity contribution in [3.63, 3.8) is 0 Å². The average molecular weight is 140 g/mol. The van der Waals surface area contributed by atoms with Crippen LogP contribution in [0.3, 0.4) is 0 Å². The van der Waals surface area contributed by atoms with E-state index in [0.29, 0.717) is 0 Å². The van der Waals surface area contributed by atoms with Gasteiger partial charge in [0.2, 0.25) is 0 Å². The van der Waals surface area contributed by atoms with Crippen molar-refractivity contribution in [2.45, 2.75) is 6.92 Å². The lowest BCUT2D eigenvalue weighted by Crippen LogP contribution is -2.07. The Kier molecular flexibility index (Phi) is 44.1. The summed E-state index contributed by atoms with van der Waals surface area (Å²) in [4.78, 5) is 0. The normalized spacial score (nSPS) is 5.67. The number of hydrazine groups is 1. The Morgan fingerprint density at radius 3 is 1.22 bits per heavy atom. The molecule has 0 aromatic rings. The van der Waals surface area contributed by atoms with Gasteiger partial charge in [0.05, 0.1) is 0 Å². The summed E-state index contributed by atoms with van der Waals surface area (Å²) in [5, 5.41) is 29.1. The summed E-state index contributed by atoms with van der Waals surface area (Å²) >= 11 is 0. The monoisotopic (exact) mass is 140 g/mol. The molecule has 0 aromatic carbocycles. The standard InChI is InChI=1S/C2H6O.BH3O3.H4N2/c1-2-3;2-1(3)4;1-2/h3H,2H2,1H3;2-4H;1-2H2. The number of hydrogen-bond donors (Lipinski definition) is 6. The van der Waals surface area contributed by atoms with Crippen molar-refractivity contribution in [3.05, 3.63) is 0 Å². The smallest absolute Gasteiger partial charge is 0.402 e. The molecule has 8 N–H and O–H groups in total. The van der Waals surface area contributed by atoms with Gasteiger partial charge in [0.15, 0.2) is 0 Å². The molecule has 0 aliphatic heterocycles. The molecule has 0 saturated carbocycles. The molecule has 0 amide bonds. The highest BCUT2D eigenvalue weighted by Gasteiger charge is 1.92. The second kappa shape index (κ2) is 24.9. The van der Waals surface area contributed by atoms with E-state index >= 15 is 0 Å². The van der Waals surface area contributed by atoms with Gasteiger partial charge >= 0.3 is 7.32 Å². The van der Waals surface area contributed by atoms with Gasteiger partial charge in [-0.15, -0.1) is 0 Å². The van der Waals surface area contributed by atoms with Gasteiger partial charge in [-0.25, -0.2) is 0 Å². The van der Waals surface area contributed by atoms with E-state index in [1.165, 1.54) is 0 Å². The van der Waals surface area contributed by atoms with Gasteiger partial charge < -0.3 is 20.2 Å². The maximum atomic E-state index is 7.57. The van der Waals surface area contributed by atoms with Crippen LogP contribution in [0, 0.1) is 0 Å². The molecule has 0 heterocycles. The van der Waals surface area contributed by atoms with Crippen molar-refractivity contribution in [1.29, 1.82) is 0 Å². The first-order chi connectivity index (χ1) is 4.15. The molecule has 0 rings (SSSR count). The molecule has 0 unspecified atom stereocenters. The lowest BCUT2D eigenvalue weighted by atomic mass is 10.3. The van der Waals surface area contributed by atoms with E-state index in [9.17, 15) is 0 Å². The number of aliphatic hydroxyl groups is 1. The van der Waals surface area contributed by atoms with Crippen LogP contribution in [0.1, 0.15) is 6.92 Å². The third kappa shape index (κ3) is 8660. The fourth-order valence-electron chi connectivity index (χ4n) is 0. The molecule has 9 heavy (non-hydrogen) atoms. The quantitative estimate of drug-likeness (QED) is 0.119. The van der Waals surface area contributed by atoms with E-state index in [4.69, 9.17) is 20.2 Å². The van der Waals surface area contributed by atoms with E-state index in [2.05, 4.69) is 11.7 Å². The second-order valence-corrected chi connectivity index (χ2v) is 0.663. The van der Waals surface area contributed by atoms with Crippen LogP contribution in [0.4, 0.5) is 0 Å². The summed E-state index contributed by atoms with van der Waals surface area (Å²) in [6, 6.07) is 0. The molecule has 6 nitrogen and oxygen atoms in total. The summed E-state index contributed by atoms with van der Waals surface area (Å²) in [6.07, 6.45) is 0. The van der Waals surface area contributed by atoms with Crippen molar-refractivity contribution >= 4 is 7.32 Å². The largest absolute Gasteiger partial charge is 0.631 e. The number of rotatable bonds is 0. The van der Waals surface area contributed by atoms with E-state index in [-0.39, 0.29) is 6.61 Å². The molecule has 0 radical (unpaired) electrons. The van der Waals surface area contributed by atoms with Crippen molar-refractivity contribution in [3.8, 4) is 0 Å². The maximum Gasteiger partial charge on any atom is 0.631 e. The van der Waals surface area contributed by atoms with E-state index < -0.39 is 7.32 Å². The Morgan fingerprint density at radius 1 is 1.22 bits per heavy atom. The SMILES string of the molecule is CCO.NN.OB(O)O. The zero-order valence-corrected chi connectivity index (χ0v) is 5.23. The van der Waals surface area contributed by atoms with Crippen molar-refractivity contribution in [1.82, 2.24) is 0 Å². The molecule has 0 atom stereocenters. The van der Waals surface area contributed by atoms with Crippen LogP contribution in [0.5, 0.6) is 0 Å². The Hall–Kier alpha value is -0.175. The molecule has 0 aliphatic rings. The molecular formula is C2H13BN2O4. The summed E-state index contributed by atoms with van der Waals surface area (Å²) in [7, 11) is -2.17. The first kappa shape index (κ1) is 15.9. The van der Waals surface area contributed by atoms with Crippen molar-refractivity contribution in [2.75, 3.05) is 6.61 Å². The lowest BCUT2D eigenvalue weighted by Gasteiger charge is -1.69. The van der Waals surface area contributed by atoms with Gasteiger partial charge in [0.1, 0.15) is 0 Å². The molecule has 0 spiro atoms. The second-order valence-electron chi connectivity index (χ2n) is 0.663. The molecule has 58 valence electrons. The average Bonchev–Trinajstić information content (AvgIpc) is 1.71. The van der Waals surface area contributed by atoms with Crippen LogP contribution in [0.25, 0.3) is 0 Å². The van der Waals surface area contributed by atoms with E-state index in [1.807, 2.05) is 0 Å². The van der Waals surface area contributed by atoms with Crippen LogP contribution in [0.2, 0.25) is 0 Å². The Balaban J connectivity index is -0.0000000646. The predicted molar refractivity (Wildman–Crippen MR) is 33.5 cm³/mol. The van der Waals surface area contributed by atoms with Gasteiger partial charge in [0, 0.05) is 6.61 Å². The Labute approximate surface area is 53.9 Å². The fourth-order valence-corrected chi connectivity index (χ4v) is 0. The van der Waals surface area contributed by atoms with Crippen LogP contribution in [-0.2, 0) is 0 Å². The fraction of sp³-hybridized carbons (Fsp3) is 1.00. The van der Waals surface area contributed by atoms with Crippen LogP contribution in [0.15, 0.2) is 0 Å². The van der Waals surface area contributed by atoms with Crippen LogP contribution >= 0.6 is 0 Å². The molecule has 0 aliphatic carbocycles. The van der Waals surface area contributed by atoms with Crippen LogP contribution < -0.4 is 11.7 Å². The zero-order chi connectivity index (χ0) is 8.28. The van der Waals surface area contributed by atoms with Gasteiger partial charge in [0.25, 0.3) is 0 Å². The minimum atomic E-state index is -2.17. The van der Waals surface area contributed by atoms with Gasteiger partial charge in [-0.05, 0) is 6.92 Å². The first-order valence-corrected chi connectivity index (χ1v) is 2.13. The van der Waals surface area contributed by atoms with Crippen molar-refractivity contribution < 1.29 is 20.2 Å². The lowest BCUT2D eigenvalue weighted by molar-refractivity contribution is 0.278. The molecule has 0 aromatic heterocycles. The molecule has 0 fully saturated rings. The van der Waals surface area contributed by atoms with Crippen molar-refractivity contribution in [2.24, 2.45) is 11.7 Å². The molecule has 7 heteroatoms. The summed E-state index contributed by atoms with van der Waals surface area (Å²) in [5.41, 5.74) is 0. The highest BCUT2D eigenvalue weighted by Crippen LogP contribution is 1.40. The number of nitrogens with two attached hydrogens (primary N) is 2. The molecular weight excluding hydrogens is 127 g/mol. The minimum absolute atomic E-state index is 0.250. The highest BCUT2D eigenvalue weighted by molar-refractivity contribution is 6.30. The predicted octanol–water partition coefficient (Wildman–Crippen LogP) is -3.23. The number of aliphatic hydroxyl groups excluding tert-OH is 1. The zero-order valence-electron chi connectivity index (χ0n) is 5.23. The summed E-state index contributed by atoms with van der Waals surface area (Å²) in [6.45, 7) is 1.93. The van der Waals surface area contributed by atoms with Crippen LogP contribution in [-0.4, -0.2) is 34.1 Å². The topological polar surface area (TPSA) is 133 Å². The Morgan fingerprint density at radius 2 is 1.22 bits per heavy atom. The summed E-state index contributed by atoms with van der Waals surface area (Å²) < 4.78 is 0. The first-order valence-electron chi connectivity index (χ1n) is 2.13. The van der Waals surface area contributed by atoms with E-state index in [1.54, 1.807) is 6.92 Å². The van der Waals surface area contributed by atoms with Gasteiger partial charge in [-0.2, -0.15) is 0 Å².